The number of hydrogen-bond acceptors (Lipinski definition) is 3. The zero-order valence-corrected chi connectivity index (χ0v) is 16.1. The van der Waals surface area contributed by atoms with Crippen molar-refractivity contribution in [2.75, 3.05) is 6.54 Å². The van der Waals surface area contributed by atoms with Gasteiger partial charge in [-0.3, -0.25) is 4.79 Å². The van der Waals surface area contributed by atoms with Gasteiger partial charge in [0.15, 0.2) is 0 Å². The minimum Gasteiger partial charge on any atom is -0.481 e. The Kier molecular flexibility index (Phi) is 4.87. The average molecular weight is 420 g/mol. The molecule has 152 valence electrons. The summed E-state index contributed by atoms with van der Waals surface area (Å²) in [4.78, 5) is 11.0. The predicted octanol–water partition coefficient (Wildman–Crippen LogP) is 3.14. The Hall–Kier alpha value is -2.78. The highest BCUT2D eigenvalue weighted by Gasteiger charge is 2.32. The number of nitrogens with zero attached hydrogens (tertiary/aromatic N) is 2. The van der Waals surface area contributed by atoms with E-state index in [9.17, 15) is 22.0 Å². The highest BCUT2D eigenvalue weighted by molar-refractivity contribution is 7.89. The molecule has 1 aliphatic heterocycles. The number of rotatable bonds is 5. The molecule has 4 rings (SSSR count). The smallest absolute Gasteiger partial charge is 0.305 e. The number of benzene rings is 2. The molecule has 0 unspecified atom stereocenters. The molecule has 0 aliphatic carbocycles. The molecule has 2 heterocycles. The van der Waals surface area contributed by atoms with Crippen LogP contribution < -0.4 is 0 Å². The van der Waals surface area contributed by atoms with Gasteiger partial charge < -0.3 is 9.67 Å². The molecule has 2 aromatic carbocycles. The molecule has 29 heavy (non-hydrogen) atoms. The lowest BCUT2D eigenvalue weighted by atomic mass is 10.1. The molecule has 6 nitrogen and oxygen atoms in total. The molecule has 0 saturated heterocycles. The minimum atomic E-state index is -3.85. The van der Waals surface area contributed by atoms with Gasteiger partial charge in [-0.05, 0) is 48.0 Å². The topological polar surface area (TPSA) is 79.6 Å². The van der Waals surface area contributed by atoms with Gasteiger partial charge in [-0.15, -0.1) is 0 Å². The van der Waals surface area contributed by atoms with E-state index in [1.54, 1.807) is 6.07 Å². The molecule has 9 heteroatoms. The summed E-state index contributed by atoms with van der Waals surface area (Å²) in [5.41, 5.74) is 2.16. The maximum atomic E-state index is 13.9. The van der Waals surface area contributed by atoms with Crippen molar-refractivity contribution in [2.45, 2.75) is 30.8 Å². The monoisotopic (exact) mass is 420 g/mol. The van der Waals surface area contributed by atoms with E-state index in [0.717, 1.165) is 17.8 Å². The van der Waals surface area contributed by atoms with Crippen molar-refractivity contribution in [3.63, 3.8) is 0 Å². The molecular weight excluding hydrogens is 402 g/mol. The van der Waals surface area contributed by atoms with Crippen LogP contribution in [0.25, 0.3) is 10.9 Å². The van der Waals surface area contributed by atoms with Crippen molar-refractivity contribution in [1.82, 2.24) is 8.87 Å². The van der Waals surface area contributed by atoms with Crippen molar-refractivity contribution in [3.8, 4) is 0 Å². The number of carboxylic acids is 1. The van der Waals surface area contributed by atoms with Gasteiger partial charge in [-0.25, -0.2) is 17.2 Å². The number of carbonyl (C=O) groups is 1. The molecule has 0 fully saturated rings. The van der Waals surface area contributed by atoms with E-state index in [-0.39, 0.29) is 31.0 Å². The summed E-state index contributed by atoms with van der Waals surface area (Å²) in [6, 6.07) is 8.86. The maximum absolute atomic E-state index is 13.9. The highest BCUT2D eigenvalue weighted by atomic mass is 32.2. The Labute approximate surface area is 166 Å². The summed E-state index contributed by atoms with van der Waals surface area (Å²) in [5, 5.41) is 9.61. The molecule has 1 aromatic heterocycles. The second-order valence-corrected chi connectivity index (χ2v) is 8.86. The van der Waals surface area contributed by atoms with Gasteiger partial charge in [-0.1, -0.05) is 0 Å². The number of fused-ring (bicyclic) bond motifs is 3. The largest absolute Gasteiger partial charge is 0.481 e. The third kappa shape index (κ3) is 3.51. The van der Waals surface area contributed by atoms with Gasteiger partial charge in [0.25, 0.3) is 0 Å². The molecule has 0 amide bonds. The third-order valence-electron chi connectivity index (χ3n) is 5.18. The molecule has 3 aromatic rings. The van der Waals surface area contributed by atoms with E-state index in [1.807, 2.05) is 4.57 Å². The molecule has 0 bridgehead atoms. The first kappa shape index (κ1) is 19.5. The highest BCUT2D eigenvalue weighted by Crippen LogP contribution is 2.34. The Morgan fingerprint density at radius 2 is 1.76 bits per heavy atom. The number of aryl methyl sites for hydroxylation is 1. The van der Waals surface area contributed by atoms with E-state index < -0.39 is 27.6 Å². The van der Waals surface area contributed by atoms with Gasteiger partial charge in [-0.2, -0.15) is 4.31 Å². The van der Waals surface area contributed by atoms with E-state index in [4.69, 9.17) is 5.11 Å². The fraction of sp³-hybridized carbons (Fsp3) is 0.250. The van der Waals surface area contributed by atoms with E-state index in [2.05, 4.69) is 0 Å². The van der Waals surface area contributed by atoms with Crippen molar-refractivity contribution in [3.05, 3.63) is 65.4 Å². The van der Waals surface area contributed by atoms with Crippen LogP contribution in [0.3, 0.4) is 0 Å². The quantitative estimate of drug-likeness (QED) is 0.688. The standard InChI is InChI=1S/C20H18F2N2O4S/c21-13-1-4-15(5-2-13)29(27,28)23-9-7-19-17(12-23)16-11-14(22)3-6-18(16)24(19)10-8-20(25)26/h1-6,11H,7-10,12H2,(H,25,26). The van der Waals surface area contributed by atoms with Crippen molar-refractivity contribution < 1.29 is 27.1 Å². The Morgan fingerprint density at radius 1 is 1.07 bits per heavy atom. The molecule has 0 radical (unpaired) electrons. The Balaban J connectivity index is 1.76. The number of aromatic nitrogens is 1. The van der Waals surface area contributed by atoms with Gasteiger partial charge in [0, 0.05) is 42.7 Å². The lowest BCUT2D eigenvalue weighted by Gasteiger charge is -2.27. The fourth-order valence-electron chi connectivity index (χ4n) is 3.82. The summed E-state index contributed by atoms with van der Waals surface area (Å²) < 4.78 is 56.1. The number of hydrogen-bond donors (Lipinski definition) is 1. The lowest BCUT2D eigenvalue weighted by molar-refractivity contribution is -0.137. The summed E-state index contributed by atoms with van der Waals surface area (Å²) in [6.45, 7) is 0.450. The summed E-state index contributed by atoms with van der Waals surface area (Å²) in [6.07, 6.45) is 0.275. The first-order valence-corrected chi connectivity index (χ1v) is 10.5. The van der Waals surface area contributed by atoms with Crippen LogP contribution in [0.1, 0.15) is 17.7 Å². The van der Waals surface area contributed by atoms with Crippen LogP contribution in [0.15, 0.2) is 47.4 Å². The van der Waals surface area contributed by atoms with E-state index in [0.29, 0.717) is 22.9 Å². The molecular formula is C20H18F2N2O4S. The molecule has 0 spiro atoms. The second-order valence-electron chi connectivity index (χ2n) is 6.92. The molecule has 1 aliphatic rings. The van der Waals surface area contributed by atoms with Crippen LogP contribution in [0.5, 0.6) is 0 Å². The zero-order chi connectivity index (χ0) is 20.8. The minimum absolute atomic E-state index is 0.0110. The van der Waals surface area contributed by atoms with Crippen LogP contribution in [0.4, 0.5) is 8.78 Å². The Bertz CT molecular complexity index is 1200. The maximum Gasteiger partial charge on any atom is 0.305 e. The Morgan fingerprint density at radius 3 is 2.45 bits per heavy atom. The SMILES string of the molecule is O=C(O)CCn1c2c(c3cc(F)ccc31)CN(S(=O)(=O)c1ccc(F)cc1)CC2. The summed E-state index contributed by atoms with van der Waals surface area (Å²) >= 11 is 0. The first-order valence-electron chi connectivity index (χ1n) is 9.04. The van der Waals surface area contributed by atoms with Crippen LogP contribution in [-0.4, -0.2) is 34.9 Å². The van der Waals surface area contributed by atoms with Crippen LogP contribution >= 0.6 is 0 Å². The fourth-order valence-corrected chi connectivity index (χ4v) is 5.23. The molecule has 1 N–H and O–H groups in total. The van der Waals surface area contributed by atoms with Gasteiger partial charge >= 0.3 is 5.97 Å². The van der Waals surface area contributed by atoms with Crippen LogP contribution in [-0.2, 0) is 34.3 Å². The number of sulfonamides is 1. The van der Waals surface area contributed by atoms with Crippen molar-refractivity contribution in [2.24, 2.45) is 0 Å². The number of carboxylic acid groups (broad SMARTS) is 1. The van der Waals surface area contributed by atoms with Gasteiger partial charge in [0.05, 0.1) is 11.3 Å². The van der Waals surface area contributed by atoms with Crippen molar-refractivity contribution in [1.29, 1.82) is 0 Å². The van der Waals surface area contributed by atoms with E-state index >= 15 is 0 Å². The zero-order valence-electron chi connectivity index (χ0n) is 15.3. The first-order chi connectivity index (χ1) is 13.8. The molecule has 0 saturated carbocycles. The summed E-state index contributed by atoms with van der Waals surface area (Å²) in [5.74, 6) is -1.92. The number of halogens is 2. The average Bonchev–Trinajstić information content (AvgIpc) is 2.99. The van der Waals surface area contributed by atoms with Crippen LogP contribution in [0.2, 0.25) is 0 Å². The van der Waals surface area contributed by atoms with Gasteiger partial charge in [0.2, 0.25) is 10.0 Å². The van der Waals surface area contributed by atoms with Crippen molar-refractivity contribution >= 4 is 26.9 Å². The summed E-state index contributed by atoms with van der Waals surface area (Å²) in [7, 11) is -3.85. The second kappa shape index (κ2) is 7.23. The van der Waals surface area contributed by atoms with E-state index in [1.165, 1.54) is 28.6 Å². The molecule has 0 atom stereocenters. The predicted molar refractivity (Wildman–Crippen MR) is 102 cm³/mol. The normalized spacial score (nSPS) is 14.8. The van der Waals surface area contributed by atoms with Gasteiger partial charge in [0.1, 0.15) is 11.6 Å². The lowest BCUT2D eigenvalue weighted by Crippen LogP contribution is -2.36. The number of aliphatic carboxylic acids is 1. The third-order valence-corrected chi connectivity index (χ3v) is 7.04. The van der Waals surface area contributed by atoms with Crippen LogP contribution in [0, 0.1) is 11.6 Å².